The fourth-order valence-electron chi connectivity index (χ4n) is 1.12. The molecule has 0 fully saturated rings. The number of nitro benzene ring substituents is 1. The molecule has 0 amide bonds. The zero-order chi connectivity index (χ0) is 11.7. The predicted molar refractivity (Wildman–Crippen MR) is 58.8 cm³/mol. The molecule has 2 rings (SSSR count). The quantitative estimate of drug-likeness (QED) is 0.630. The van der Waals surface area contributed by atoms with E-state index in [2.05, 4.69) is 15.9 Å². The molecule has 0 unspecified atom stereocenters. The van der Waals surface area contributed by atoms with Crippen molar-refractivity contribution < 1.29 is 9.66 Å². The van der Waals surface area contributed by atoms with Crippen LogP contribution in [-0.2, 0) is 0 Å². The number of hydrogen-bond donors (Lipinski definition) is 0. The van der Waals surface area contributed by atoms with Gasteiger partial charge in [0.1, 0.15) is 11.8 Å². The molecule has 0 aliphatic heterocycles. The summed E-state index contributed by atoms with van der Waals surface area (Å²) in [5, 5.41) is 19.5. The second kappa shape index (κ2) is 3.94. The average Bonchev–Trinajstić information content (AvgIpc) is 3.01. The van der Waals surface area contributed by atoms with Gasteiger partial charge in [-0.05, 0) is 22.0 Å². The second-order valence-corrected chi connectivity index (χ2v) is 4.00. The maximum Gasteiger partial charge on any atom is 0.312 e. The number of allylic oxidation sites excluding steroid dienone is 2. The highest BCUT2D eigenvalue weighted by Gasteiger charge is 2.22. The third-order valence-electron chi connectivity index (χ3n) is 1.98. The minimum absolute atomic E-state index is 0.152. The van der Waals surface area contributed by atoms with Crippen LogP contribution >= 0.6 is 15.9 Å². The summed E-state index contributed by atoms with van der Waals surface area (Å²) < 4.78 is 5.76. The Kier molecular flexibility index (Phi) is 2.62. The molecular formula is C10H5BrN2O3. The molecule has 6 heteroatoms. The summed E-state index contributed by atoms with van der Waals surface area (Å²) in [6.07, 6.45) is 2.53. The molecule has 0 saturated carbocycles. The second-order valence-electron chi connectivity index (χ2n) is 3.15. The van der Waals surface area contributed by atoms with Gasteiger partial charge in [-0.3, -0.25) is 10.1 Å². The van der Waals surface area contributed by atoms with Crippen molar-refractivity contribution in [1.29, 1.82) is 5.26 Å². The molecule has 1 aromatic rings. The largest absolute Gasteiger partial charge is 0.454 e. The van der Waals surface area contributed by atoms with E-state index in [1.54, 1.807) is 0 Å². The topological polar surface area (TPSA) is 76.2 Å². The lowest BCUT2D eigenvalue weighted by Crippen LogP contribution is -1.95. The number of ether oxygens (including phenoxy) is 1. The van der Waals surface area contributed by atoms with Crippen LogP contribution < -0.4 is 4.74 Å². The van der Waals surface area contributed by atoms with E-state index in [0.29, 0.717) is 10.2 Å². The first-order valence-corrected chi connectivity index (χ1v) is 5.16. The first-order valence-electron chi connectivity index (χ1n) is 4.36. The van der Waals surface area contributed by atoms with Crippen molar-refractivity contribution in [2.24, 2.45) is 0 Å². The number of hydrogen-bond acceptors (Lipinski definition) is 4. The third kappa shape index (κ3) is 2.04. The molecule has 1 aromatic carbocycles. The standard InChI is InChI=1S/C10H5BrN2O3/c11-8-4-10(16-7-1-2-7)9(13(14)15)3-6(8)5-12/h1,3-4H,2H2. The normalized spacial score (nSPS) is 12.6. The first kappa shape index (κ1) is 10.6. The van der Waals surface area contributed by atoms with Crippen LogP contribution in [0, 0.1) is 21.4 Å². The molecule has 0 N–H and O–H groups in total. The summed E-state index contributed by atoms with van der Waals surface area (Å²) in [6, 6.07) is 4.50. The molecule has 0 heterocycles. The van der Waals surface area contributed by atoms with Crippen LogP contribution in [0.5, 0.6) is 5.75 Å². The van der Waals surface area contributed by atoms with Crippen molar-refractivity contribution in [2.75, 3.05) is 0 Å². The Hall–Kier alpha value is -1.87. The molecule has 0 saturated heterocycles. The van der Waals surface area contributed by atoms with Crippen LogP contribution in [0.2, 0.25) is 0 Å². The molecule has 80 valence electrons. The zero-order valence-electron chi connectivity index (χ0n) is 7.94. The molecule has 5 nitrogen and oxygen atoms in total. The number of rotatable bonds is 3. The summed E-state index contributed by atoms with van der Waals surface area (Å²) in [5.41, 5.74) is 0.0105. The van der Waals surface area contributed by atoms with Crippen LogP contribution in [0.25, 0.3) is 0 Å². The zero-order valence-corrected chi connectivity index (χ0v) is 9.52. The Bertz CT molecular complexity index is 546. The monoisotopic (exact) mass is 280 g/mol. The summed E-state index contributed by atoms with van der Waals surface area (Å²) in [6.45, 7) is 0. The van der Waals surface area contributed by atoms with Crippen LogP contribution in [0.3, 0.4) is 0 Å². The molecule has 0 bridgehead atoms. The van der Waals surface area contributed by atoms with Gasteiger partial charge in [0.05, 0.1) is 10.5 Å². The molecular weight excluding hydrogens is 276 g/mol. The van der Waals surface area contributed by atoms with Crippen molar-refractivity contribution in [3.05, 3.63) is 44.1 Å². The summed E-state index contributed by atoms with van der Waals surface area (Å²) >= 11 is 3.16. The molecule has 0 radical (unpaired) electrons. The van der Waals surface area contributed by atoms with Gasteiger partial charge < -0.3 is 4.74 Å². The van der Waals surface area contributed by atoms with Gasteiger partial charge in [0.2, 0.25) is 5.75 Å². The van der Waals surface area contributed by atoms with Crippen molar-refractivity contribution in [3.8, 4) is 11.8 Å². The van der Waals surface area contributed by atoms with Crippen molar-refractivity contribution in [3.63, 3.8) is 0 Å². The van der Waals surface area contributed by atoms with Crippen LogP contribution in [-0.4, -0.2) is 4.92 Å². The fraction of sp³-hybridized carbons (Fsp3) is 0.100. The molecule has 1 aliphatic carbocycles. The highest BCUT2D eigenvalue weighted by molar-refractivity contribution is 9.10. The van der Waals surface area contributed by atoms with E-state index >= 15 is 0 Å². The Morgan fingerprint density at radius 1 is 1.56 bits per heavy atom. The van der Waals surface area contributed by atoms with Crippen LogP contribution in [0.4, 0.5) is 5.69 Å². The minimum Gasteiger partial charge on any atom is -0.454 e. The van der Waals surface area contributed by atoms with E-state index in [1.165, 1.54) is 12.1 Å². The van der Waals surface area contributed by atoms with E-state index in [4.69, 9.17) is 10.00 Å². The smallest absolute Gasteiger partial charge is 0.312 e. The Balaban J connectivity index is 2.49. The number of nitro groups is 1. The molecule has 16 heavy (non-hydrogen) atoms. The maximum absolute atomic E-state index is 10.8. The minimum atomic E-state index is -0.564. The summed E-state index contributed by atoms with van der Waals surface area (Å²) in [7, 11) is 0. The van der Waals surface area contributed by atoms with Crippen LogP contribution in [0.1, 0.15) is 12.0 Å². The Morgan fingerprint density at radius 2 is 2.25 bits per heavy atom. The van der Waals surface area contributed by atoms with Gasteiger partial charge in [-0.25, -0.2) is 0 Å². The Labute approximate surface area is 99.2 Å². The van der Waals surface area contributed by atoms with Gasteiger partial charge in [-0.2, -0.15) is 5.26 Å². The SMILES string of the molecule is N#Cc1cc([N+](=O)[O-])c(OC2=CC2)cc1Br. The third-order valence-corrected chi connectivity index (χ3v) is 2.63. The van der Waals surface area contributed by atoms with Gasteiger partial charge in [0.15, 0.2) is 0 Å². The van der Waals surface area contributed by atoms with E-state index in [1.807, 2.05) is 12.1 Å². The van der Waals surface area contributed by atoms with Crippen molar-refractivity contribution in [2.45, 2.75) is 6.42 Å². The number of nitrogens with zero attached hydrogens (tertiary/aromatic N) is 2. The van der Waals surface area contributed by atoms with E-state index in [-0.39, 0.29) is 17.0 Å². The average molecular weight is 281 g/mol. The molecule has 0 spiro atoms. The maximum atomic E-state index is 10.8. The van der Waals surface area contributed by atoms with Gasteiger partial charge in [-0.15, -0.1) is 0 Å². The number of benzene rings is 1. The summed E-state index contributed by atoms with van der Waals surface area (Å²) in [5.74, 6) is 0.860. The fourth-order valence-corrected chi connectivity index (χ4v) is 1.53. The van der Waals surface area contributed by atoms with Crippen molar-refractivity contribution >= 4 is 21.6 Å². The van der Waals surface area contributed by atoms with Crippen LogP contribution in [0.15, 0.2) is 28.4 Å². The van der Waals surface area contributed by atoms with E-state index in [9.17, 15) is 10.1 Å². The lowest BCUT2D eigenvalue weighted by atomic mass is 10.2. The van der Waals surface area contributed by atoms with Gasteiger partial charge in [0.25, 0.3) is 0 Å². The highest BCUT2D eigenvalue weighted by atomic mass is 79.9. The molecule has 1 aliphatic rings. The van der Waals surface area contributed by atoms with Crippen molar-refractivity contribution in [1.82, 2.24) is 0 Å². The number of nitriles is 1. The van der Waals surface area contributed by atoms with Gasteiger partial charge in [-0.1, -0.05) is 0 Å². The Morgan fingerprint density at radius 3 is 2.75 bits per heavy atom. The van der Waals surface area contributed by atoms with E-state index in [0.717, 1.165) is 6.42 Å². The number of halogens is 1. The highest BCUT2D eigenvalue weighted by Crippen LogP contribution is 2.36. The van der Waals surface area contributed by atoms with E-state index < -0.39 is 4.92 Å². The lowest BCUT2D eigenvalue weighted by molar-refractivity contribution is -0.385. The summed E-state index contributed by atoms with van der Waals surface area (Å²) in [4.78, 5) is 10.2. The first-order chi connectivity index (χ1) is 7.61. The van der Waals surface area contributed by atoms with Gasteiger partial charge in [0, 0.05) is 23.0 Å². The molecule has 0 atom stereocenters. The van der Waals surface area contributed by atoms with Gasteiger partial charge >= 0.3 is 5.69 Å². The lowest BCUT2D eigenvalue weighted by Gasteiger charge is -2.04. The molecule has 0 aromatic heterocycles. The predicted octanol–water partition coefficient (Wildman–Crippen LogP) is 2.90.